The zero-order valence-corrected chi connectivity index (χ0v) is 9.91. The molecule has 6 nitrogen and oxygen atoms in total. The number of urea groups is 1. The van der Waals surface area contributed by atoms with Gasteiger partial charge in [0.25, 0.3) is 0 Å². The van der Waals surface area contributed by atoms with E-state index in [2.05, 4.69) is 10.6 Å². The van der Waals surface area contributed by atoms with Crippen LogP contribution in [-0.4, -0.2) is 30.1 Å². The van der Waals surface area contributed by atoms with Gasteiger partial charge in [0, 0.05) is 13.5 Å². The van der Waals surface area contributed by atoms with Crippen LogP contribution in [0.2, 0.25) is 0 Å². The summed E-state index contributed by atoms with van der Waals surface area (Å²) in [6.07, 6.45) is 3.46. The van der Waals surface area contributed by atoms with Crippen LogP contribution in [0, 0.1) is 5.41 Å². The van der Waals surface area contributed by atoms with E-state index in [0.717, 1.165) is 25.7 Å². The first-order valence-electron chi connectivity index (χ1n) is 5.71. The summed E-state index contributed by atoms with van der Waals surface area (Å²) in [5.74, 6) is -1.30. The van der Waals surface area contributed by atoms with Crippen LogP contribution in [0.1, 0.15) is 38.5 Å². The van der Waals surface area contributed by atoms with Crippen molar-refractivity contribution in [1.82, 2.24) is 10.6 Å². The van der Waals surface area contributed by atoms with Gasteiger partial charge in [-0.3, -0.25) is 14.9 Å². The summed E-state index contributed by atoms with van der Waals surface area (Å²) < 4.78 is 0. The van der Waals surface area contributed by atoms with Gasteiger partial charge < -0.3 is 10.4 Å². The third kappa shape index (κ3) is 4.05. The zero-order chi connectivity index (χ0) is 12.9. The third-order valence-electron chi connectivity index (χ3n) is 3.21. The highest BCUT2D eigenvalue weighted by Crippen LogP contribution is 2.43. The van der Waals surface area contributed by atoms with Crippen molar-refractivity contribution >= 4 is 17.9 Å². The van der Waals surface area contributed by atoms with Crippen LogP contribution >= 0.6 is 0 Å². The summed E-state index contributed by atoms with van der Waals surface area (Å²) >= 11 is 0. The van der Waals surface area contributed by atoms with Crippen molar-refractivity contribution in [2.45, 2.75) is 38.5 Å². The van der Waals surface area contributed by atoms with Gasteiger partial charge >= 0.3 is 12.0 Å². The Balaban J connectivity index is 2.57. The Morgan fingerprint density at radius 3 is 2.24 bits per heavy atom. The van der Waals surface area contributed by atoms with Crippen LogP contribution in [0.5, 0.6) is 0 Å². The molecule has 0 saturated heterocycles. The number of amides is 3. The molecule has 0 unspecified atom stereocenters. The van der Waals surface area contributed by atoms with Crippen molar-refractivity contribution in [3.8, 4) is 0 Å². The fraction of sp³-hybridized carbons (Fsp3) is 0.727. The molecule has 3 N–H and O–H groups in total. The first-order valence-corrected chi connectivity index (χ1v) is 5.71. The maximum absolute atomic E-state index is 11.6. The molecule has 1 aliphatic carbocycles. The third-order valence-corrected chi connectivity index (χ3v) is 3.21. The lowest BCUT2D eigenvalue weighted by Crippen LogP contribution is -2.40. The Morgan fingerprint density at radius 2 is 1.76 bits per heavy atom. The molecule has 0 atom stereocenters. The van der Waals surface area contributed by atoms with E-state index in [0.29, 0.717) is 0 Å². The molecule has 3 amide bonds. The standard InChI is InChI=1S/C11H18N2O4/c1-12-10(17)13-8(14)6-11(7-9(15)16)4-2-3-5-11/h2-7H2,1H3,(H,15,16)(H2,12,13,14,17). The fourth-order valence-electron chi connectivity index (χ4n) is 2.44. The highest BCUT2D eigenvalue weighted by Gasteiger charge is 2.38. The second kappa shape index (κ2) is 5.65. The number of carbonyl (C=O) groups is 3. The van der Waals surface area contributed by atoms with Crippen molar-refractivity contribution < 1.29 is 19.5 Å². The molecule has 17 heavy (non-hydrogen) atoms. The average Bonchev–Trinajstić information content (AvgIpc) is 2.64. The summed E-state index contributed by atoms with van der Waals surface area (Å²) in [7, 11) is 1.42. The molecule has 6 heteroatoms. The molecule has 0 aliphatic heterocycles. The maximum Gasteiger partial charge on any atom is 0.321 e. The molecule has 0 spiro atoms. The van der Waals surface area contributed by atoms with E-state index in [4.69, 9.17) is 5.11 Å². The van der Waals surface area contributed by atoms with Gasteiger partial charge in [0.2, 0.25) is 5.91 Å². The summed E-state index contributed by atoms with van der Waals surface area (Å²) in [5, 5.41) is 13.3. The van der Waals surface area contributed by atoms with E-state index < -0.39 is 23.3 Å². The van der Waals surface area contributed by atoms with Crippen molar-refractivity contribution in [1.29, 1.82) is 0 Å². The minimum absolute atomic E-state index is 0.00579. The van der Waals surface area contributed by atoms with Crippen LogP contribution in [-0.2, 0) is 9.59 Å². The number of aliphatic carboxylic acids is 1. The molecule has 0 aromatic carbocycles. The Morgan fingerprint density at radius 1 is 1.18 bits per heavy atom. The van der Waals surface area contributed by atoms with E-state index in [9.17, 15) is 14.4 Å². The van der Waals surface area contributed by atoms with Gasteiger partial charge in [-0.15, -0.1) is 0 Å². The van der Waals surface area contributed by atoms with Gasteiger partial charge in [0.1, 0.15) is 0 Å². The molecule has 0 radical (unpaired) electrons. The van der Waals surface area contributed by atoms with Crippen LogP contribution in [0.3, 0.4) is 0 Å². The first kappa shape index (κ1) is 13.5. The molecular weight excluding hydrogens is 224 g/mol. The Hall–Kier alpha value is -1.59. The van der Waals surface area contributed by atoms with Crippen molar-refractivity contribution in [3.63, 3.8) is 0 Å². The molecule has 1 saturated carbocycles. The van der Waals surface area contributed by atoms with Gasteiger partial charge in [-0.25, -0.2) is 4.79 Å². The lowest BCUT2D eigenvalue weighted by Gasteiger charge is -2.25. The molecule has 96 valence electrons. The average molecular weight is 242 g/mol. The Bertz CT molecular complexity index is 321. The highest BCUT2D eigenvalue weighted by molar-refractivity contribution is 5.94. The largest absolute Gasteiger partial charge is 0.481 e. The van der Waals surface area contributed by atoms with Crippen LogP contribution < -0.4 is 10.6 Å². The molecule has 1 fully saturated rings. The minimum atomic E-state index is -0.889. The summed E-state index contributed by atoms with van der Waals surface area (Å²) in [5.41, 5.74) is -0.468. The van der Waals surface area contributed by atoms with E-state index in [-0.39, 0.29) is 12.8 Å². The monoisotopic (exact) mass is 242 g/mol. The zero-order valence-electron chi connectivity index (χ0n) is 9.91. The topological polar surface area (TPSA) is 95.5 Å². The summed E-state index contributed by atoms with van der Waals surface area (Å²) in [6.45, 7) is 0. The lowest BCUT2D eigenvalue weighted by molar-refractivity contribution is -0.140. The number of hydrogen-bond acceptors (Lipinski definition) is 3. The normalized spacial score (nSPS) is 17.5. The second-order valence-corrected chi connectivity index (χ2v) is 4.58. The fourth-order valence-corrected chi connectivity index (χ4v) is 2.44. The van der Waals surface area contributed by atoms with E-state index in [1.165, 1.54) is 7.05 Å². The van der Waals surface area contributed by atoms with E-state index >= 15 is 0 Å². The molecule has 1 rings (SSSR count). The van der Waals surface area contributed by atoms with Crippen molar-refractivity contribution in [2.24, 2.45) is 5.41 Å². The number of carboxylic acid groups (broad SMARTS) is 1. The number of nitrogens with one attached hydrogen (secondary N) is 2. The molecular formula is C11H18N2O4. The highest BCUT2D eigenvalue weighted by atomic mass is 16.4. The molecule has 0 aromatic heterocycles. The van der Waals surface area contributed by atoms with Gasteiger partial charge in [-0.05, 0) is 18.3 Å². The molecule has 0 bridgehead atoms. The van der Waals surface area contributed by atoms with Gasteiger partial charge in [0.05, 0.1) is 6.42 Å². The van der Waals surface area contributed by atoms with Gasteiger partial charge in [-0.2, -0.15) is 0 Å². The molecule has 1 aliphatic rings. The summed E-state index contributed by atoms with van der Waals surface area (Å²) in [6, 6.07) is -0.557. The van der Waals surface area contributed by atoms with E-state index in [1.54, 1.807) is 0 Å². The number of rotatable bonds is 4. The van der Waals surface area contributed by atoms with Gasteiger partial charge in [0.15, 0.2) is 0 Å². The predicted molar refractivity (Wildman–Crippen MR) is 60.4 cm³/mol. The number of hydrogen-bond donors (Lipinski definition) is 3. The quantitative estimate of drug-likeness (QED) is 0.681. The smallest absolute Gasteiger partial charge is 0.321 e. The SMILES string of the molecule is CNC(=O)NC(=O)CC1(CC(=O)O)CCCC1. The van der Waals surface area contributed by atoms with Crippen molar-refractivity contribution in [3.05, 3.63) is 0 Å². The van der Waals surface area contributed by atoms with Crippen molar-refractivity contribution in [2.75, 3.05) is 7.05 Å². The lowest BCUT2D eigenvalue weighted by atomic mass is 9.79. The minimum Gasteiger partial charge on any atom is -0.481 e. The molecule has 0 aromatic rings. The van der Waals surface area contributed by atoms with E-state index in [1.807, 2.05) is 0 Å². The van der Waals surface area contributed by atoms with Crippen LogP contribution in [0.4, 0.5) is 4.79 Å². The van der Waals surface area contributed by atoms with Gasteiger partial charge in [-0.1, -0.05) is 12.8 Å². The number of imide groups is 1. The second-order valence-electron chi connectivity index (χ2n) is 4.58. The van der Waals surface area contributed by atoms with Crippen LogP contribution in [0.15, 0.2) is 0 Å². The summed E-state index contributed by atoms with van der Waals surface area (Å²) in [4.78, 5) is 33.4. The van der Waals surface area contributed by atoms with Crippen LogP contribution in [0.25, 0.3) is 0 Å². The number of carbonyl (C=O) groups excluding carboxylic acids is 2. The molecule has 0 heterocycles. The predicted octanol–water partition coefficient (Wildman–Crippen LogP) is 0.867. The number of carboxylic acids is 1. The Kier molecular flexibility index (Phi) is 4.48. The maximum atomic E-state index is 11.6. The Labute approximate surface area is 99.8 Å². The first-order chi connectivity index (χ1) is 7.97.